The number of benzene rings is 2. The first-order valence-corrected chi connectivity index (χ1v) is 8.56. The van der Waals surface area contributed by atoms with Gasteiger partial charge in [-0.2, -0.15) is 0 Å². The third-order valence-corrected chi connectivity index (χ3v) is 4.54. The van der Waals surface area contributed by atoms with Crippen molar-refractivity contribution in [3.63, 3.8) is 0 Å². The highest BCUT2D eigenvalue weighted by Gasteiger charge is 2.06. The monoisotopic (exact) mass is 350 g/mol. The van der Waals surface area contributed by atoms with Crippen LogP contribution >= 0.6 is 23.4 Å². The molecule has 0 saturated carbocycles. The molecule has 0 aliphatic carbocycles. The Labute approximate surface area is 145 Å². The fraction of sp³-hybridized carbons (Fsp3) is 0.235. The molecule has 2 rings (SSSR count). The fourth-order valence-corrected chi connectivity index (χ4v) is 3.03. The number of nitrogens with one attached hydrogen (secondary N) is 2. The quantitative estimate of drug-likeness (QED) is 0.649. The second kappa shape index (κ2) is 9.45. The SMILES string of the molecule is O=C(NCCCCO)Nc1ccc(Sc2ccccc2)c(Cl)c1. The second-order valence-electron chi connectivity index (χ2n) is 4.87. The van der Waals surface area contributed by atoms with E-state index < -0.39 is 0 Å². The van der Waals surface area contributed by atoms with Crippen LogP contribution < -0.4 is 10.6 Å². The van der Waals surface area contributed by atoms with Gasteiger partial charge in [-0.05, 0) is 43.2 Å². The topological polar surface area (TPSA) is 61.4 Å². The summed E-state index contributed by atoms with van der Waals surface area (Å²) in [5, 5.41) is 14.8. The Morgan fingerprint density at radius 3 is 2.61 bits per heavy atom. The number of halogens is 1. The number of rotatable bonds is 7. The van der Waals surface area contributed by atoms with Crippen LogP contribution in [-0.4, -0.2) is 24.3 Å². The molecule has 3 N–H and O–H groups in total. The Bertz CT molecular complexity index is 638. The summed E-state index contributed by atoms with van der Waals surface area (Å²) >= 11 is 7.87. The van der Waals surface area contributed by atoms with Crippen molar-refractivity contribution >= 4 is 35.1 Å². The molecule has 122 valence electrons. The summed E-state index contributed by atoms with van der Waals surface area (Å²) in [5.41, 5.74) is 0.645. The van der Waals surface area contributed by atoms with Crippen LogP contribution in [0.1, 0.15) is 12.8 Å². The molecule has 0 fully saturated rings. The summed E-state index contributed by atoms with van der Waals surface area (Å²) in [6, 6.07) is 15.1. The highest BCUT2D eigenvalue weighted by atomic mass is 35.5. The van der Waals surface area contributed by atoms with Gasteiger partial charge in [0.2, 0.25) is 0 Å². The van der Waals surface area contributed by atoms with Crippen LogP contribution in [0.3, 0.4) is 0 Å². The molecule has 0 bridgehead atoms. The minimum atomic E-state index is -0.275. The average Bonchev–Trinajstić information content (AvgIpc) is 2.55. The number of hydrogen-bond donors (Lipinski definition) is 3. The highest BCUT2D eigenvalue weighted by Crippen LogP contribution is 2.34. The van der Waals surface area contributed by atoms with E-state index in [1.807, 2.05) is 42.5 Å². The van der Waals surface area contributed by atoms with E-state index in [1.54, 1.807) is 17.8 Å². The molecule has 0 radical (unpaired) electrons. The van der Waals surface area contributed by atoms with Crippen molar-refractivity contribution in [1.29, 1.82) is 0 Å². The zero-order valence-corrected chi connectivity index (χ0v) is 14.2. The van der Waals surface area contributed by atoms with Crippen LogP contribution in [0.25, 0.3) is 0 Å². The number of carbonyl (C=O) groups excluding carboxylic acids is 1. The van der Waals surface area contributed by atoms with Crippen molar-refractivity contribution < 1.29 is 9.90 Å². The summed E-state index contributed by atoms with van der Waals surface area (Å²) in [6.07, 6.45) is 1.43. The predicted octanol–water partition coefficient (Wildman–Crippen LogP) is 4.39. The number of aliphatic hydroxyl groups excluding tert-OH is 1. The first-order valence-electron chi connectivity index (χ1n) is 7.37. The van der Waals surface area contributed by atoms with Crippen LogP contribution in [0.2, 0.25) is 5.02 Å². The molecule has 0 atom stereocenters. The van der Waals surface area contributed by atoms with Gasteiger partial charge < -0.3 is 15.7 Å². The van der Waals surface area contributed by atoms with Gasteiger partial charge in [-0.1, -0.05) is 41.6 Å². The molecule has 0 spiro atoms. The molecule has 2 amide bonds. The van der Waals surface area contributed by atoms with Crippen LogP contribution in [-0.2, 0) is 0 Å². The molecular formula is C17H19ClN2O2S. The van der Waals surface area contributed by atoms with Gasteiger partial charge in [0, 0.05) is 28.6 Å². The molecular weight excluding hydrogens is 332 g/mol. The molecule has 6 heteroatoms. The number of aliphatic hydroxyl groups is 1. The predicted molar refractivity (Wildman–Crippen MR) is 95.4 cm³/mol. The normalized spacial score (nSPS) is 10.3. The molecule has 0 aromatic heterocycles. The van der Waals surface area contributed by atoms with Gasteiger partial charge in [-0.3, -0.25) is 0 Å². The lowest BCUT2D eigenvalue weighted by molar-refractivity contribution is 0.250. The summed E-state index contributed by atoms with van der Waals surface area (Å²) in [4.78, 5) is 13.8. The number of hydrogen-bond acceptors (Lipinski definition) is 3. The molecule has 0 unspecified atom stereocenters. The molecule has 0 aliphatic rings. The molecule has 0 saturated heterocycles. The Morgan fingerprint density at radius 2 is 1.91 bits per heavy atom. The second-order valence-corrected chi connectivity index (χ2v) is 6.39. The average molecular weight is 351 g/mol. The third-order valence-electron chi connectivity index (χ3n) is 3.03. The van der Waals surface area contributed by atoms with Crippen molar-refractivity contribution in [3.05, 3.63) is 53.6 Å². The van der Waals surface area contributed by atoms with Crippen molar-refractivity contribution in [2.75, 3.05) is 18.5 Å². The van der Waals surface area contributed by atoms with Crippen LogP contribution in [0.5, 0.6) is 0 Å². The van der Waals surface area contributed by atoms with E-state index in [-0.39, 0.29) is 12.6 Å². The van der Waals surface area contributed by atoms with Crippen molar-refractivity contribution in [2.24, 2.45) is 0 Å². The van der Waals surface area contributed by atoms with Gasteiger partial charge in [-0.15, -0.1) is 0 Å². The standard InChI is InChI=1S/C17H19ClN2O2S/c18-15-12-13(20-17(22)19-10-4-5-11-21)8-9-16(15)23-14-6-2-1-3-7-14/h1-3,6-9,12,21H,4-5,10-11H2,(H2,19,20,22). The molecule has 2 aromatic rings. The highest BCUT2D eigenvalue weighted by molar-refractivity contribution is 7.99. The maximum Gasteiger partial charge on any atom is 0.319 e. The Hall–Kier alpha value is -1.69. The van der Waals surface area contributed by atoms with Crippen molar-refractivity contribution in [2.45, 2.75) is 22.6 Å². The lowest BCUT2D eigenvalue weighted by Crippen LogP contribution is -2.29. The molecule has 2 aromatic carbocycles. The zero-order valence-electron chi connectivity index (χ0n) is 12.6. The zero-order chi connectivity index (χ0) is 16.5. The summed E-state index contributed by atoms with van der Waals surface area (Å²) in [6.45, 7) is 0.668. The summed E-state index contributed by atoms with van der Waals surface area (Å²) in [7, 11) is 0. The Balaban J connectivity index is 1.90. The Morgan fingerprint density at radius 1 is 1.13 bits per heavy atom. The summed E-state index contributed by atoms with van der Waals surface area (Å²) < 4.78 is 0. The van der Waals surface area contributed by atoms with Crippen molar-refractivity contribution in [3.8, 4) is 0 Å². The van der Waals surface area contributed by atoms with Gasteiger partial charge in [0.1, 0.15) is 0 Å². The minimum absolute atomic E-state index is 0.138. The number of amides is 2. The maximum absolute atomic E-state index is 11.7. The Kier molecular flexibility index (Phi) is 7.26. The first kappa shape index (κ1) is 17.7. The van der Waals surface area contributed by atoms with Gasteiger partial charge in [0.15, 0.2) is 0 Å². The van der Waals surface area contributed by atoms with Gasteiger partial charge in [0.05, 0.1) is 5.02 Å². The molecule has 0 aliphatic heterocycles. The van der Waals surface area contributed by atoms with E-state index in [0.717, 1.165) is 16.2 Å². The number of urea groups is 1. The van der Waals surface area contributed by atoms with Crippen LogP contribution in [0, 0.1) is 0 Å². The minimum Gasteiger partial charge on any atom is -0.396 e. The van der Waals surface area contributed by atoms with E-state index in [9.17, 15) is 4.79 Å². The lowest BCUT2D eigenvalue weighted by Gasteiger charge is -2.09. The van der Waals surface area contributed by atoms with Crippen LogP contribution in [0.4, 0.5) is 10.5 Å². The van der Waals surface area contributed by atoms with Crippen molar-refractivity contribution in [1.82, 2.24) is 5.32 Å². The van der Waals surface area contributed by atoms with E-state index >= 15 is 0 Å². The largest absolute Gasteiger partial charge is 0.396 e. The van der Waals surface area contributed by atoms with Crippen LogP contribution in [0.15, 0.2) is 58.3 Å². The van der Waals surface area contributed by atoms with E-state index in [2.05, 4.69) is 10.6 Å². The molecule has 23 heavy (non-hydrogen) atoms. The summed E-state index contributed by atoms with van der Waals surface area (Å²) in [5.74, 6) is 0. The smallest absolute Gasteiger partial charge is 0.319 e. The first-order chi connectivity index (χ1) is 11.2. The fourth-order valence-electron chi connectivity index (χ4n) is 1.89. The van der Waals surface area contributed by atoms with Gasteiger partial charge in [0.25, 0.3) is 0 Å². The van der Waals surface area contributed by atoms with Gasteiger partial charge >= 0.3 is 6.03 Å². The maximum atomic E-state index is 11.7. The molecule has 4 nitrogen and oxygen atoms in total. The number of unbranched alkanes of at least 4 members (excludes halogenated alkanes) is 1. The third kappa shape index (κ3) is 6.14. The number of anilines is 1. The molecule has 0 heterocycles. The van der Waals surface area contributed by atoms with Gasteiger partial charge in [-0.25, -0.2) is 4.79 Å². The van der Waals surface area contributed by atoms with E-state index in [1.165, 1.54) is 0 Å². The van der Waals surface area contributed by atoms with E-state index in [0.29, 0.717) is 23.7 Å². The van der Waals surface area contributed by atoms with E-state index in [4.69, 9.17) is 16.7 Å². The number of carbonyl (C=O) groups is 1. The lowest BCUT2D eigenvalue weighted by atomic mass is 10.3.